The molecule has 9 heteroatoms. The van der Waals surface area contributed by atoms with Gasteiger partial charge in [-0.15, -0.1) is 22.7 Å². The maximum absolute atomic E-state index is 12.2. The Kier molecular flexibility index (Phi) is 5.40. The normalized spacial score (nSPS) is 10.3. The van der Waals surface area contributed by atoms with E-state index >= 15 is 0 Å². The van der Waals surface area contributed by atoms with Crippen molar-refractivity contribution in [1.82, 2.24) is 5.32 Å². The van der Waals surface area contributed by atoms with Crippen molar-refractivity contribution in [1.29, 1.82) is 0 Å². The number of aryl methyl sites for hydroxylation is 1. The van der Waals surface area contributed by atoms with Crippen LogP contribution in [-0.4, -0.2) is 25.0 Å². The first-order valence-corrected chi connectivity index (χ1v) is 8.40. The van der Waals surface area contributed by atoms with Gasteiger partial charge in [-0.1, -0.05) is 11.6 Å². The number of carbonyl (C=O) groups is 3. The fraction of sp³-hybridized carbons (Fsp3) is 0.214. The number of methoxy groups -OCH3 is 1. The highest BCUT2D eigenvalue weighted by Gasteiger charge is 2.23. The predicted molar refractivity (Wildman–Crippen MR) is 90.9 cm³/mol. The zero-order valence-corrected chi connectivity index (χ0v) is 14.9. The second-order valence-corrected chi connectivity index (χ2v) is 7.43. The van der Waals surface area contributed by atoms with Crippen molar-refractivity contribution < 1.29 is 19.1 Å². The fourth-order valence-electron chi connectivity index (χ4n) is 1.80. The zero-order chi connectivity index (χ0) is 17.1. The number of thiophene rings is 2. The lowest BCUT2D eigenvalue weighted by Crippen LogP contribution is -2.31. The van der Waals surface area contributed by atoms with E-state index < -0.39 is 12.0 Å². The van der Waals surface area contributed by atoms with E-state index in [2.05, 4.69) is 15.4 Å². The van der Waals surface area contributed by atoms with Crippen molar-refractivity contribution in [3.05, 3.63) is 37.4 Å². The minimum Gasteiger partial charge on any atom is -0.453 e. The fourth-order valence-corrected chi connectivity index (χ4v) is 3.79. The SMILES string of the molecule is COC(=O)NC(=O)c1c(NC(=O)c2ccc(Cl)s2)sc(C)c1C. The van der Waals surface area contributed by atoms with Crippen molar-refractivity contribution in [2.45, 2.75) is 13.8 Å². The number of hydrogen-bond acceptors (Lipinski definition) is 6. The summed E-state index contributed by atoms with van der Waals surface area (Å²) in [6, 6.07) is 3.22. The lowest BCUT2D eigenvalue weighted by molar-refractivity contribution is 0.0937. The van der Waals surface area contributed by atoms with Gasteiger partial charge in [0.15, 0.2) is 0 Å². The molecule has 3 amide bonds. The van der Waals surface area contributed by atoms with Crippen LogP contribution in [0.25, 0.3) is 0 Å². The summed E-state index contributed by atoms with van der Waals surface area (Å²) in [6.45, 7) is 3.57. The molecule has 6 nitrogen and oxygen atoms in total. The van der Waals surface area contributed by atoms with Crippen LogP contribution >= 0.6 is 34.3 Å². The second kappa shape index (κ2) is 7.12. The lowest BCUT2D eigenvalue weighted by Gasteiger charge is -2.06. The standard InChI is InChI=1S/C14H13ClN2O4S2/c1-6-7(2)22-13(10(6)12(19)17-14(20)21-3)16-11(18)8-4-5-9(15)23-8/h4-5H,1-3H3,(H,16,18)(H,17,19,20). The average Bonchev–Trinajstić information content (AvgIpc) is 3.03. The first-order chi connectivity index (χ1) is 10.8. The number of rotatable bonds is 3. The Morgan fingerprint density at radius 3 is 2.39 bits per heavy atom. The van der Waals surface area contributed by atoms with Crippen LogP contribution in [0.5, 0.6) is 0 Å². The Morgan fingerprint density at radius 2 is 1.83 bits per heavy atom. The van der Waals surface area contributed by atoms with Crippen molar-refractivity contribution in [3.8, 4) is 0 Å². The number of alkyl carbamates (subject to hydrolysis) is 1. The molecule has 2 aromatic heterocycles. The molecule has 2 heterocycles. The number of anilines is 1. The van der Waals surface area contributed by atoms with Gasteiger partial charge in [0.05, 0.1) is 21.9 Å². The van der Waals surface area contributed by atoms with Crippen LogP contribution in [0.3, 0.4) is 0 Å². The largest absolute Gasteiger partial charge is 0.453 e. The van der Waals surface area contributed by atoms with Crippen LogP contribution in [0.1, 0.15) is 30.5 Å². The lowest BCUT2D eigenvalue weighted by atomic mass is 10.1. The van der Waals surface area contributed by atoms with Crippen LogP contribution in [0, 0.1) is 13.8 Å². The maximum Gasteiger partial charge on any atom is 0.413 e. The molecule has 0 aliphatic heterocycles. The molecule has 0 unspecified atom stereocenters. The van der Waals surface area contributed by atoms with Crippen molar-refractivity contribution >= 4 is 57.2 Å². The van der Waals surface area contributed by atoms with Crippen LogP contribution in [0.2, 0.25) is 4.34 Å². The second-order valence-electron chi connectivity index (χ2n) is 4.49. The number of amides is 3. The number of hydrogen-bond donors (Lipinski definition) is 2. The molecular weight excluding hydrogens is 360 g/mol. The summed E-state index contributed by atoms with van der Waals surface area (Å²) in [5.41, 5.74) is 0.935. The quantitative estimate of drug-likeness (QED) is 0.857. The summed E-state index contributed by atoms with van der Waals surface area (Å²) in [6.07, 6.45) is -0.861. The Bertz CT molecular complexity index is 782. The van der Waals surface area contributed by atoms with E-state index in [1.165, 1.54) is 11.3 Å². The summed E-state index contributed by atoms with van der Waals surface area (Å²) in [5, 5.41) is 5.16. The number of halogens is 1. The summed E-state index contributed by atoms with van der Waals surface area (Å²) in [4.78, 5) is 37.0. The number of imide groups is 1. The predicted octanol–water partition coefficient (Wildman–Crippen LogP) is 3.83. The van der Waals surface area contributed by atoms with Gasteiger partial charge in [0, 0.05) is 4.88 Å². The van der Waals surface area contributed by atoms with Crippen molar-refractivity contribution in [2.24, 2.45) is 0 Å². The third-order valence-electron chi connectivity index (χ3n) is 3.04. The molecule has 0 bridgehead atoms. The van der Waals surface area contributed by atoms with E-state index in [1.807, 2.05) is 6.92 Å². The highest BCUT2D eigenvalue weighted by atomic mass is 35.5. The molecule has 0 aliphatic carbocycles. The molecule has 0 atom stereocenters. The summed E-state index contributed by atoms with van der Waals surface area (Å²) in [7, 11) is 1.16. The van der Waals surface area contributed by atoms with Gasteiger partial charge in [-0.25, -0.2) is 4.79 Å². The number of carbonyl (C=O) groups excluding carboxylic acids is 3. The molecule has 0 saturated carbocycles. The zero-order valence-electron chi connectivity index (χ0n) is 12.5. The molecule has 122 valence electrons. The third-order valence-corrected chi connectivity index (χ3v) is 5.39. The van der Waals surface area contributed by atoms with E-state index in [0.717, 1.165) is 23.3 Å². The molecule has 0 saturated heterocycles. The van der Waals surface area contributed by atoms with Gasteiger partial charge in [-0.3, -0.25) is 14.9 Å². The average molecular weight is 373 g/mol. The molecule has 0 spiro atoms. The summed E-state index contributed by atoms with van der Waals surface area (Å²) >= 11 is 8.22. The Morgan fingerprint density at radius 1 is 1.13 bits per heavy atom. The smallest absolute Gasteiger partial charge is 0.413 e. The molecule has 0 fully saturated rings. The van der Waals surface area contributed by atoms with Gasteiger partial charge in [-0.05, 0) is 31.5 Å². The molecule has 0 aromatic carbocycles. The minimum atomic E-state index is -0.861. The molecule has 0 radical (unpaired) electrons. The van der Waals surface area contributed by atoms with E-state index in [9.17, 15) is 14.4 Å². The molecule has 23 heavy (non-hydrogen) atoms. The van der Waals surface area contributed by atoms with E-state index in [4.69, 9.17) is 11.6 Å². The van der Waals surface area contributed by atoms with Crippen LogP contribution < -0.4 is 10.6 Å². The van der Waals surface area contributed by atoms with Crippen molar-refractivity contribution in [2.75, 3.05) is 12.4 Å². The van der Waals surface area contributed by atoms with Gasteiger partial charge in [0.25, 0.3) is 11.8 Å². The molecular formula is C14H13ClN2O4S2. The number of nitrogens with one attached hydrogen (secondary N) is 2. The minimum absolute atomic E-state index is 0.244. The number of ether oxygens (including phenoxy) is 1. The van der Waals surface area contributed by atoms with Crippen molar-refractivity contribution in [3.63, 3.8) is 0 Å². The van der Waals surface area contributed by atoms with Gasteiger partial charge >= 0.3 is 6.09 Å². The van der Waals surface area contributed by atoms with Gasteiger partial charge in [-0.2, -0.15) is 0 Å². The third kappa shape index (κ3) is 3.90. The topological polar surface area (TPSA) is 84.5 Å². The maximum atomic E-state index is 12.2. The molecule has 2 aromatic rings. The van der Waals surface area contributed by atoms with E-state index in [1.54, 1.807) is 19.1 Å². The molecule has 0 aliphatic rings. The van der Waals surface area contributed by atoms with E-state index in [0.29, 0.717) is 19.8 Å². The highest BCUT2D eigenvalue weighted by molar-refractivity contribution is 7.18. The van der Waals surface area contributed by atoms with Crippen LogP contribution in [0.15, 0.2) is 12.1 Å². The van der Waals surface area contributed by atoms with Crippen LogP contribution in [-0.2, 0) is 4.74 Å². The first kappa shape index (κ1) is 17.5. The monoisotopic (exact) mass is 372 g/mol. The molecule has 2 rings (SSSR count). The Labute approximate surface area is 145 Å². The van der Waals surface area contributed by atoms with Gasteiger partial charge < -0.3 is 10.1 Å². The Balaban J connectivity index is 2.28. The van der Waals surface area contributed by atoms with E-state index in [-0.39, 0.29) is 11.5 Å². The van der Waals surface area contributed by atoms with Gasteiger partial charge in [0.2, 0.25) is 0 Å². The highest BCUT2D eigenvalue weighted by Crippen LogP contribution is 2.33. The van der Waals surface area contributed by atoms with Gasteiger partial charge in [0.1, 0.15) is 5.00 Å². The Hall–Kier alpha value is -1.90. The summed E-state index contributed by atoms with van der Waals surface area (Å²) < 4.78 is 4.91. The summed E-state index contributed by atoms with van der Waals surface area (Å²) in [5.74, 6) is -0.992. The van der Waals surface area contributed by atoms with Crippen LogP contribution in [0.4, 0.5) is 9.80 Å². The first-order valence-electron chi connectivity index (χ1n) is 6.39. The molecule has 2 N–H and O–H groups in total.